The van der Waals surface area contributed by atoms with Crippen LogP contribution >= 0.6 is 11.3 Å². The van der Waals surface area contributed by atoms with E-state index in [-0.39, 0.29) is 17.9 Å². The highest BCUT2D eigenvalue weighted by atomic mass is 32.2. The lowest BCUT2D eigenvalue weighted by Crippen LogP contribution is -2.44. The zero-order chi connectivity index (χ0) is 30.8. The number of aromatic nitrogens is 1. The molecule has 6 nitrogen and oxygen atoms in total. The summed E-state index contributed by atoms with van der Waals surface area (Å²) in [4.78, 5) is 22.3. The minimum atomic E-state index is -2.26. The molecule has 1 unspecified atom stereocenters. The summed E-state index contributed by atoms with van der Waals surface area (Å²) in [6.07, 6.45) is 14.0. The fraction of sp³-hybridized carbons (Fsp3) is 0.528. The van der Waals surface area contributed by atoms with E-state index in [1.165, 1.54) is 33.9 Å². The fourth-order valence-corrected chi connectivity index (χ4v) is 9.24. The lowest BCUT2D eigenvalue weighted by Gasteiger charge is -2.36. The van der Waals surface area contributed by atoms with Crippen LogP contribution in [0.5, 0.6) is 5.75 Å². The van der Waals surface area contributed by atoms with Crippen LogP contribution in [0.3, 0.4) is 0 Å². The van der Waals surface area contributed by atoms with Crippen molar-refractivity contribution in [3.05, 3.63) is 64.8 Å². The van der Waals surface area contributed by atoms with Gasteiger partial charge in [-0.05, 0) is 124 Å². The molecule has 236 valence electrons. The third kappa shape index (κ3) is 7.57. The van der Waals surface area contributed by atoms with Gasteiger partial charge in [-0.1, -0.05) is 24.3 Å². The van der Waals surface area contributed by atoms with E-state index in [0.29, 0.717) is 17.8 Å². The number of carbonyl (C=O) groups excluding carboxylic acids is 1. The molecule has 1 heterocycles. The third-order valence-corrected chi connectivity index (χ3v) is 11.9. The molecule has 44 heavy (non-hydrogen) atoms. The number of anilines is 1. The standard InChI is InChI=1S/C36H47N3O3S2/c1-24-20-29(16-19-33(24)42-2)26-10-8-25(9-11-26)23-39(36(40)28-14-17-31(18-15-28)38-44(3,4)41)32-7-5-6-30(21-32)34-22-37-35(43-34)27-12-13-27/h5-7,16,19-22,25-28,31H,3,8-15,17-18,23H2,1-2,4H3,(H,38,41). The SMILES string of the molecule is C=S(C)(=O)NC1CCC(C(=O)N(CC2CCC(c3ccc(OC)c(C)c3)CC2)c2cccc(-c3cnc(C4CC4)s3)c2)CC1. The lowest BCUT2D eigenvalue weighted by atomic mass is 9.78. The van der Waals surface area contributed by atoms with E-state index in [2.05, 4.69) is 64.9 Å². The molecule has 3 aromatic rings. The molecule has 6 rings (SSSR count). The highest BCUT2D eigenvalue weighted by Gasteiger charge is 2.33. The molecule has 1 aromatic heterocycles. The Morgan fingerprint density at radius 2 is 1.75 bits per heavy atom. The highest BCUT2D eigenvalue weighted by Crippen LogP contribution is 2.44. The van der Waals surface area contributed by atoms with Crippen LogP contribution in [0.2, 0.25) is 0 Å². The third-order valence-electron chi connectivity index (χ3n) is 9.83. The first-order valence-corrected chi connectivity index (χ1v) is 19.2. The number of benzene rings is 2. The highest BCUT2D eigenvalue weighted by molar-refractivity contribution is 7.97. The van der Waals surface area contributed by atoms with Crippen LogP contribution in [-0.2, 0) is 14.5 Å². The van der Waals surface area contributed by atoms with Gasteiger partial charge in [0.2, 0.25) is 5.91 Å². The van der Waals surface area contributed by atoms with Crippen LogP contribution < -0.4 is 14.4 Å². The van der Waals surface area contributed by atoms with Crippen molar-refractivity contribution in [1.29, 1.82) is 0 Å². The molecule has 0 saturated heterocycles. The Labute approximate surface area is 267 Å². The number of hydrogen-bond acceptors (Lipinski definition) is 5. The number of thiazole rings is 1. The lowest BCUT2D eigenvalue weighted by molar-refractivity contribution is -0.123. The predicted molar refractivity (Wildman–Crippen MR) is 184 cm³/mol. The Morgan fingerprint density at radius 1 is 1.02 bits per heavy atom. The molecule has 2 aromatic carbocycles. The second kappa shape index (κ2) is 13.4. The Morgan fingerprint density at radius 3 is 2.41 bits per heavy atom. The number of ether oxygens (including phenoxy) is 1. The average Bonchev–Trinajstić information content (AvgIpc) is 3.75. The van der Waals surface area contributed by atoms with Crippen molar-refractivity contribution in [2.24, 2.45) is 11.8 Å². The smallest absolute Gasteiger partial charge is 0.230 e. The Bertz CT molecular complexity index is 1560. The Kier molecular flexibility index (Phi) is 9.50. The summed E-state index contributed by atoms with van der Waals surface area (Å²) >= 11 is 1.80. The minimum Gasteiger partial charge on any atom is -0.496 e. The molecule has 3 aliphatic rings. The fourth-order valence-electron chi connectivity index (χ4n) is 7.21. The summed E-state index contributed by atoms with van der Waals surface area (Å²) in [5, 5.41) is 1.24. The molecular formula is C36H47N3O3S2. The molecule has 3 saturated carbocycles. The number of hydrogen-bond donors (Lipinski definition) is 1. The molecule has 0 spiro atoms. The van der Waals surface area contributed by atoms with Gasteiger partial charge < -0.3 is 9.64 Å². The summed E-state index contributed by atoms with van der Waals surface area (Å²) in [6.45, 7) is 2.88. The topological polar surface area (TPSA) is 71.5 Å². The van der Waals surface area contributed by atoms with Crippen molar-refractivity contribution in [2.75, 3.05) is 24.8 Å². The Hall–Kier alpha value is -2.68. The van der Waals surface area contributed by atoms with Gasteiger partial charge in [-0.2, -0.15) is 0 Å². The first kappa shape index (κ1) is 31.3. The molecule has 3 aliphatic carbocycles. The summed E-state index contributed by atoms with van der Waals surface area (Å²) < 4.78 is 20.9. The summed E-state index contributed by atoms with van der Waals surface area (Å²) in [5.74, 6) is 6.60. The second-order valence-corrected chi connectivity index (χ2v) is 16.8. The molecule has 3 fully saturated rings. The van der Waals surface area contributed by atoms with Crippen LogP contribution in [0.1, 0.15) is 92.2 Å². The Balaban J connectivity index is 1.18. The molecule has 1 N–H and O–H groups in total. The van der Waals surface area contributed by atoms with E-state index in [9.17, 15) is 9.00 Å². The second-order valence-electron chi connectivity index (χ2n) is 13.5. The first-order valence-electron chi connectivity index (χ1n) is 16.3. The minimum absolute atomic E-state index is 0.0158. The van der Waals surface area contributed by atoms with E-state index in [0.717, 1.165) is 74.9 Å². The van der Waals surface area contributed by atoms with Crippen LogP contribution in [0.15, 0.2) is 48.7 Å². The van der Waals surface area contributed by atoms with E-state index >= 15 is 0 Å². The molecular weight excluding hydrogens is 587 g/mol. The molecule has 8 heteroatoms. The van der Waals surface area contributed by atoms with Gasteiger partial charge in [0.05, 0.1) is 17.0 Å². The van der Waals surface area contributed by atoms with E-state index in [1.807, 2.05) is 6.20 Å². The van der Waals surface area contributed by atoms with Crippen molar-refractivity contribution in [3.63, 3.8) is 0 Å². The molecule has 0 aliphatic heterocycles. The van der Waals surface area contributed by atoms with Gasteiger partial charge in [0, 0.05) is 52.3 Å². The number of rotatable bonds is 10. The largest absolute Gasteiger partial charge is 0.496 e. The molecule has 0 radical (unpaired) electrons. The van der Waals surface area contributed by atoms with Crippen molar-refractivity contribution in [2.45, 2.75) is 89.0 Å². The number of carbonyl (C=O) groups is 1. The van der Waals surface area contributed by atoms with Crippen LogP contribution in [0.25, 0.3) is 10.4 Å². The molecule has 1 amide bonds. The van der Waals surface area contributed by atoms with Crippen molar-refractivity contribution in [3.8, 4) is 16.2 Å². The number of methoxy groups -OCH3 is 1. The quantitative estimate of drug-likeness (QED) is 0.232. The first-order chi connectivity index (χ1) is 21.2. The normalized spacial score (nSPS) is 25.2. The summed E-state index contributed by atoms with van der Waals surface area (Å²) in [5.41, 5.74) is 4.73. The maximum atomic E-state index is 14.3. The van der Waals surface area contributed by atoms with Crippen LogP contribution in [-0.4, -0.2) is 46.9 Å². The maximum Gasteiger partial charge on any atom is 0.230 e. The number of nitrogens with one attached hydrogen (secondary N) is 1. The van der Waals surface area contributed by atoms with E-state index in [1.54, 1.807) is 24.7 Å². The average molecular weight is 634 g/mol. The molecule has 0 bridgehead atoms. The number of amides is 1. The summed E-state index contributed by atoms with van der Waals surface area (Å²) in [6, 6.07) is 15.3. The van der Waals surface area contributed by atoms with Gasteiger partial charge in [-0.15, -0.1) is 11.3 Å². The van der Waals surface area contributed by atoms with Gasteiger partial charge in [0.1, 0.15) is 5.75 Å². The van der Waals surface area contributed by atoms with Gasteiger partial charge in [-0.25, -0.2) is 9.71 Å². The van der Waals surface area contributed by atoms with E-state index < -0.39 is 9.71 Å². The molecule has 1 atom stereocenters. The maximum absolute atomic E-state index is 14.3. The van der Waals surface area contributed by atoms with E-state index in [4.69, 9.17) is 9.72 Å². The van der Waals surface area contributed by atoms with Crippen LogP contribution in [0, 0.1) is 18.8 Å². The van der Waals surface area contributed by atoms with Crippen molar-refractivity contribution in [1.82, 2.24) is 9.71 Å². The van der Waals surface area contributed by atoms with Gasteiger partial charge in [-0.3, -0.25) is 9.00 Å². The summed E-state index contributed by atoms with van der Waals surface area (Å²) in [7, 11) is -0.528. The van der Waals surface area contributed by atoms with Gasteiger partial charge in [0.25, 0.3) is 0 Å². The van der Waals surface area contributed by atoms with Crippen molar-refractivity contribution < 1.29 is 13.7 Å². The van der Waals surface area contributed by atoms with Crippen molar-refractivity contribution >= 4 is 38.5 Å². The zero-order valence-electron chi connectivity index (χ0n) is 26.4. The van der Waals surface area contributed by atoms with Crippen LogP contribution in [0.4, 0.5) is 5.69 Å². The van der Waals surface area contributed by atoms with Gasteiger partial charge in [0.15, 0.2) is 0 Å². The monoisotopic (exact) mass is 633 g/mol. The number of nitrogens with zero attached hydrogens (tertiary/aromatic N) is 2. The predicted octanol–water partition coefficient (Wildman–Crippen LogP) is 7.72. The van der Waals surface area contributed by atoms with Gasteiger partial charge >= 0.3 is 0 Å². The number of aryl methyl sites for hydroxylation is 1. The zero-order valence-corrected chi connectivity index (χ0v) is 28.1.